The molecule has 4 atom stereocenters. The molecule has 0 bridgehead atoms. The van der Waals surface area contributed by atoms with E-state index >= 15 is 0 Å². The highest BCUT2D eigenvalue weighted by molar-refractivity contribution is 5.86. The van der Waals surface area contributed by atoms with E-state index in [4.69, 9.17) is 5.11 Å². The summed E-state index contributed by atoms with van der Waals surface area (Å²) in [7, 11) is 0. The van der Waals surface area contributed by atoms with Crippen molar-refractivity contribution in [2.24, 2.45) is 17.3 Å². The van der Waals surface area contributed by atoms with Crippen molar-refractivity contribution in [2.45, 2.75) is 45.1 Å². The Kier molecular flexibility index (Phi) is 3.37. The van der Waals surface area contributed by atoms with Gasteiger partial charge in [0.05, 0.1) is 6.10 Å². The molecular formula is C15H22O3. The first-order valence-electron chi connectivity index (χ1n) is 6.61. The van der Waals surface area contributed by atoms with Gasteiger partial charge in [-0.25, -0.2) is 4.79 Å². The van der Waals surface area contributed by atoms with Gasteiger partial charge < -0.3 is 10.2 Å². The highest BCUT2D eigenvalue weighted by Crippen LogP contribution is 2.54. The molecule has 0 aliphatic heterocycles. The average Bonchev–Trinajstić information content (AvgIpc) is 2.26. The minimum Gasteiger partial charge on any atom is -0.478 e. The second-order valence-electron chi connectivity index (χ2n) is 6.23. The maximum absolute atomic E-state index is 11.0. The Balaban J connectivity index is 2.16. The molecule has 2 N–H and O–H groups in total. The fraction of sp³-hybridized carbons (Fsp3) is 0.667. The summed E-state index contributed by atoms with van der Waals surface area (Å²) in [6.45, 7) is 9.99. The Morgan fingerprint density at radius 3 is 2.78 bits per heavy atom. The number of hydrogen-bond donors (Lipinski definition) is 2. The van der Waals surface area contributed by atoms with Crippen molar-refractivity contribution in [3.63, 3.8) is 0 Å². The minimum absolute atomic E-state index is 0.0626. The quantitative estimate of drug-likeness (QED) is 0.585. The Labute approximate surface area is 108 Å². The van der Waals surface area contributed by atoms with Gasteiger partial charge in [-0.15, -0.1) is 0 Å². The standard InChI is InChI=1S/C15H22O3/c1-9-6-12(16)8-15(3)5-4-11(7-13(9)15)10(2)14(17)18/h11-13,16H,1-2,4-8H2,3H3,(H,17,18)/t11?,12?,13?,15-/m0/s1. The van der Waals surface area contributed by atoms with Gasteiger partial charge in [0.25, 0.3) is 0 Å². The van der Waals surface area contributed by atoms with E-state index in [1.165, 1.54) is 0 Å². The van der Waals surface area contributed by atoms with E-state index in [0.717, 1.165) is 31.3 Å². The van der Waals surface area contributed by atoms with E-state index in [0.29, 0.717) is 17.9 Å². The number of carbonyl (C=O) groups is 1. The SMILES string of the molecule is C=C(C(=O)O)C1CC[C@@]2(C)CC(O)CC(=C)C2C1. The van der Waals surface area contributed by atoms with Gasteiger partial charge in [0.15, 0.2) is 0 Å². The molecular weight excluding hydrogens is 228 g/mol. The van der Waals surface area contributed by atoms with Crippen molar-refractivity contribution in [2.75, 3.05) is 0 Å². The van der Waals surface area contributed by atoms with E-state index in [2.05, 4.69) is 20.1 Å². The van der Waals surface area contributed by atoms with Crippen molar-refractivity contribution in [3.8, 4) is 0 Å². The van der Waals surface area contributed by atoms with E-state index in [1.807, 2.05) is 0 Å². The summed E-state index contributed by atoms with van der Waals surface area (Å²) in [6.07, 6.45) is 3.82. The summed E-state index contributed by atoms with van der Waals surface area (Å²) < 4.78 is 0. The number of rotatable bonds is 2. The zero-order valence-corrected chi connectivity index (χ0v) is 11.0. The van der Waals surface area contributed by atoms with Crippen LogP contribution in [0.1, 0.15) is 39.0 Å². The molecule has 0 heterocycles. The molecule has 0 aromatic carbocycles. The molecule has 0 aromatic rings. The van der Waals surface area contributed by atoms with Crippen molar-refractivity contribution >= 4 is 5.97 Å². The highest BCUT2D eigenvalue weighted by atomic mass is 16.4. The van der Waals surface area contributed by atoms with Crippen molar-refractivity contribution in [1.29, 1.82) is 0 Å². The molecule has 2 aliphatic carbocycles. The fourth-order valence-electron chi connectivity index (χ4n) is 3.82. The number of fused-ring (bicyclic) bond motifs is 1. The van der Waals surface area contributed by atoms with Gasteiger partial charge in [-0.2, -0.15) is 0 Å². The molecule has 3 unspecified atom stereocenters. The van der Waals surface area contributed by atoms with Crippen LogP contribution in [-0.2, 0) is 4.79 Å². The van der Waals surface area contributed by atoms with Crippen LogP contribution in [0.2, 0.25) is 0 Å². The number of aliphatic hydroxyl groups excluding tert-OH is 1. The van der Waals surface area contributed by atoms with Gasteiger partial charge in [0.2, 0.25) is 0 Å². The fourth-order valence-corrected chi connectivity index (χ4v) is 3.82. The van der Waals surface area contributed by atoms with Crippen LogP contribution in [0.3, 0.4) is 0 Å². The zero-order chi connectivity index (χ0) is 13.5. The summed E-state index contributed by atoms with van der Waals surface area (Å²) >= 11 is 0. The summed E-state index contributed by atoms with van der Waals surface area (Å²) in [5, 5.41) is 18.9. The third-order valence-corrected chi connectivity index (χ3v) is 4.89. The van der Waals surface area contributed by atoms with Gasteiger partial charge >= 0.3 is 5.97 Å². The molecule has 0 amide bonds. The molecule has 18 heavy (non-hydrogen) atoms. The molecule has 0 spiro atoms. The predicted molar refractivity (Wildman–Crippen MR) is 70.1 cm³/mol. The number of carboxylic acid groups (broad SMARTS) is 1. The molecule has 3 heteroatoms. The molecule has 2 aliphatic rings. The number of aliphatic carboxylic acids is 1. The Bertz CT molecular complexity index is 399. The second kappa shape index (κ2) is 4.54. The largest absolute Gasteiger partial charge is 0.478 e. The lowest BCUT2D eigenvalue weighted by molar-refractivity contribution is -0.133. The van der Waals surface area contributed by atoms with E-state index in [1.54, 1.807) is 0 Å². The minimum atomic E-state index is -0.884. The first-order chi connectivity index (χ1) is 8.33. The highest BCUT2D eigenvalue weighted by Gasteiger charge is 2.46. The normalized spacial score (nSPS) is 40.1. The zero-order valence-electron chi connectivity index (χ0n) is 11.0. The summed E-state index contributed by atoms with van der Waals surface area (Å²) in [4.78, 5) is 11.0. The van der Waals surface area contributed by atoms with Crippen LogP contribution in [0.15, 0.2) is 24.3 Å². The molecule has 0 aromatic heterocycles. The number of hydrogen-bond acceptors (Lipinski definition) is 2. The van der Waals surface area contributed by atoms with Gasteiger partial charge in [-0.1, -0.05) is 25.7 Å². The topological polar surface area (TPSA) is 57.5 Å². The second-order valence-corrected chi connectivity index (χ2v) is 6.23. The molecule has 0 radical (unpaired) electrons. The first-order valence-corrected chi connectivity index (χ1v) is 6.61. The van der Waals surface area contributed by atoms with Crippen molar-refractivity contribution in [3.05, 3.63) is 24.3 Å². The van der Waals surface area contributed by atoms with E-state index in [-0.39, 0.29) is 17.4 Å². The van der Waals surface area contributed by atoms with Gasteiger partial charge in [-0.3, -0.25) is 0 Å². The lowest BCUT2D eigenvalue weighted by Crippen LogP contribution is -2.43. The molecule has 0 saturated heterocycles. The average molecular weight is 250 g/mol. The van der Waals surface area contributed by atoms with Crippen LogP contribution >= 0.6 is 0 Å². The van der Waals surface area contributed by atoms with Crippen LogP contribution in [0.4, 0.5) is 0 Å². The number of aliphatic hydroxyl groups is 1. The van der Waals surface area contributed by atoms with Crippen LogP contribution in [-0.4, -0.2) is 22.3 Å². The molecule has 3 nitrogen and oxygen atoms in total. The Morgan fingerprint density at radius 1 is 1.50 bits per heavy atom. The third-order valence-electron chi connectivity index (χ3n) is 4.89. The predicted octanol–water partition coefficient (Wildman–Crippen LogP) is 2.76. The molecule has 2 saturated carbocycles. The lowest BCUT2D eigenvalue weighted by atomic mass is 9.55. The van der Waals surface area contributed by atoms with Crippen molar-refractivity contribution < 1.29 is 15.0 Å². The van der Waals surface area contributed by atoms with Gasteiger partial charge in [0, 0.05) is 5.57 Å². The van der Waals surface area contributed by atoms with E-state index < -0.39 is 5.97 Å². The van der Waals surface area contributed by atoms with Crippen LogP contribution in [0.5, 0.6) is 0 Å². The van der Waals surface area contributed by atoms with Gasteiger partial charge in [0.1, 0.15) is 0 Å². The Hall–Kier alpha value is -1.09. The maximum atomic E-state index is 11.0. The van der Waals surface area contributed by atoms with E-state index in [9.17, 15) is 9.90 Å². The number of carboxylic acids is 1. The third kappa shape index (κ3) is 2.24. The summed E-state index contributed by atoms with van der Waals surface area (Å²) in [5.74, 6) is -0.492. The first kappa shape index (κ1) is 13.3. The maximum Gasteiger partial charge on any atom is 0.331 e. The molecule has 2 rings (SSSR count). The van der Waals surface area contributed by atoms with Crippen LogP contribution in [0, 0.1) is 17.3 Å². The molecule has 100 valence electrons. The van der Waals surface area contributed by atoms with Crippen molar-refractivity contribution in [1.82, 2.24) is 0 Å². The lowest BCUT2D eigenvalue weighted by Gasteiger charge is -2.50. The smallest absolute Gasteiger partial charge is 0.331 e. The monoisotopic (exact) mass is 250 g/mol. The van der Waals surface area contributed by atoms with Crippen LogP contribution in [0.25, 0.3) is 0 Å². The van der Waals surface area contributed by atoms with Gasteiger partial charge in [-0.05, 0) is 49.4 Å². The van der Waals surface area contributed by atoms with Crippen LogP contribution < -0.4 is 0 Å². The summed E-state index contributed by atoms with van der Waals surface area (Å²) in [5.41, 5.74) is 1.50. The Morgan fingerprint density at radius 2 is 2.17 bits per heavy atom. The summed E-state index contributed by atoms with van der Waals surface area (Å²) in [6, 6.07) is 0. The molecule has 2 fully saturated rings.